The molecule has 1 heterocycles. The summed E-state index contributed by atoms with van der Waals surface area (Å²) in [6.45, 7) is 2.11. The minimum Gasteiger partial charge on any atom is -0.461 e. The Labute approximate surface area is 147 Å². The van der Waals surface area contributed by atoms with Gasteiger partial charge in [0.2, 0.25) is 0 Å². The summed E-state index contributed by atoms with van der Waals surface area (Å²) in [7, 11) is 1.91. The van der Waals surface area contributed by atoms with Crippen LogP contribution in [0.2, 0.25) is 0 Å². The lowest BCUT2D eigenvalue weighted by molar-refractivity contribution is 0.0521. The normalized spacial score (nSPS) is 11.0. The summed E-state index contributed by atoms with van der Waals surface area (Å²) in [6.07, 6.45) is 3.89. The average molecular weight is 332 g/mol. The van der Waals surface area contributed by atoms with Crippen molar-refractivity contribution in [1.29, 1.82) is 0 Å². The van der Waals surface area contributed by atoms with Gasteiger partial charge in [-0.25, -0.2) is 9.78 Å². The highest BCUT2D eigenvalue weighted by Crippen LogP contribution is 2.26. The molecule has 0 unspecified atom stereocenters. The molecule has 0 radical (unpaired) electrons. The van der Waals surface area contributed by atoms with Crippen LogP contribution < -0.4 is 0 Å². The number of hydrogen-bond donors (Lipinski definition) is 0. The molecule has 0 aliphatic carbocycles. The number of carbonyl (C=O) groups excluding carboxylic acids is 1. The topological polar surface area (TPSA) is 44.1 Å². The van der Waals surface area contributed by atoms with Gasteiger partial charge in [-0.1, -0.05) is 66.7 Å². The molecule has 1 aromatic heterocycles. The van der Waals surface area contributed by atoms with Crippen molar-refractivity contribution in [2.75, 3.05) is 6.61 Å². The number of rotatable bonds is 5. The zero-order valence-electron chi connectivity index (χ0n) is 14.3. The SMILES string of the molecule is CCOC(=O)c1nc(/C=C/c2ccccc2)n(C)c1-c1ccccc1. The molecule has 0 fully saturated rings. The van der Waals surface area contributed by atoms with E-state index in [2.05, 4.69) is 4.98 Å². The van der Waals surface area contributed by atoms with Gasteiger partial charge >= 0.3 is 5.97 Å². The Balaban J connectivity index is 2.06. The molecular weight excluding hydrogens is 312 g/mol. The van der Waals surface area contributed by atoms with Crippen LogP contribution in [0.15, 0.2) is 60.7 Å². The third-order valence-corrected chi connectivity index (χ3v) is 3.87. The third kappa shape index (κ3) is 3.69. The summed E-state index contributed by atoms with van der Waals surface area (Å²) < 4.78 is 7.10. The molecule has 4 heteroatoms. The maximum Gasteiger partial charge on any atom is 0.359 e. The van der Waals surface area contributed by atoms with Gasteiger partial charge in [0.1, 0.15) is 5.82 Å². The van der Waals surface area contributed by atoms with Crippen molar-refractivity contribution in [3.63, 3.8) is 0 Å². The van der Waals surface area contributed by atoms with E-state index in [4.69, 9.17) is 4.74 Å². The second-order valence-corrected chi connectivity index (χ2v) is 5.56. The Morgan fingerprint density at radius 1 is 1.04 bits per heavy atom. The second kappa shape index (κ2) is 7.62. The van der Waals surface area contributed by atoms with Gasteiger partial charge in [0.05, 0.1) is 12.3 Å². The molecule has 126 valence electrons. The van der Waals surface area contributed by atoms with E-state index in [1.165, 1.54) is 0 Å². The Morgan fingerprint density at radius 2 is 1.68 bits per heavy atom. The van der Waals surface area contributed by atoms with Crippen molar-refractivity contribution >= 4 is 18.1 Å². The number of nitrogens with zero attached hydrogens (tertiary/aromatic N) is 2. The molecule has 0 bridgehead atoms. The number of ether oxygens (including phenoxy) is 1. The maximum atomic E-state index is 12.4. The summed E-state index contributed by atoms with van der Waals surface area (Å²) >= 11 is 0. The van der Waals surface area contributed by atoms with E-state index < -0.39 is 5.97 Å². The van der Waals surface area contributed by atoms with Crippen LogP contribution in [0.1, 0.15) is 28.8 Å². The number of imidazole rings is 1. The van der Waals surface area contributed by atoms with Crippen molar-refractivity contribution < 1.29 is 9.53 Å². The molecule has 0 N–H and O–H groups in total. The first-order chi connectivity index (χ1) is 12.2. The Bertz CT molecular complexity index is 881. The monoisotopic (exact) mass is 332 g/mol. The van der Waals surface area contributed by atoms with E-state index in [0.717, 1.165) is 16.8 Å². The lowest BCUT2D eigenvalue weighted by atomic mass is 10.1. The lowest BCUT2D eigenvalue weighted by Crippen LogP contribution is -2.07. The van der Waals surface area contributed by atoms with Crippen LogP contribution in [0, 0.1) is 0 Å². The Kier molecular flexibility index (Phi) is 5.09. The van der Waals surface area contributed by atoms with E-state index in [-0.39, 0.29) is 0 Å². The third-order valence-electron chi connectivity index (χ3n) is 3.87. The molecule has 0 amide bonds. The zero-order chi connectivity index (χ0) is 17.6. The van der Waals surface area contributed by atoms with Crippen molar-refractivity contribution in [2.24, 2.45) is 7.05 Å². The highest BCUT2D eigenvalue weighted by atomic mass is 16.5. The molecule has 0 spiro atoms. The predicted molar refractivity (Wildman–Crippen MR) is 100.0 cm³/mol. The van der Waals surface area contributed by atoms with Gasteiger partial charge in [0.15, 0.2) is 5.69 Å². The van der Waals surface area contributed by atoms with Crippen molar-refractivity contribution in [3.05, 3.63) is 77.7 Å². The Hall–Kier alpha value is -3.14. The van der Waals surface area contributed by atoms with Crippen molar-refractivity contribution in [3.8, 4) is 11.3 Å². The van der Waals surface area contributed by atoms with Gasteiger partial charge in [-0.15, -0.1) is 0 Å². The van der Waals surface area contributed by atoms with Gasteiger partial charge in [-0.2, -0.15) is 0 Å². The number of aromatic nitrogens is 2. The lowest BCUT2D eigenvalue weighted by Gasteiger charge is -2.06. The minimum atomic E-state index is -0.406. The van der Waals surface area contributed by atoms with Gasteiger partial charge in [0, 0.05) is 12.6 Å². The molecule has 0 aliphatic rings. The van der Waals surface area contributed by atoms with E-state index in [9.17, 15) is 4.79 Å². The molecule has 4 nitrogen and oxygen atoms in total. The zero-order valence-corrected chi connectivity index (χ0v) is 14.3. The fourth-order valence-corrected chi connectivity index (χ4v) is 2.67. The van der Waals surface area contributed by atoms with Gasteiger partial charge in [-0.05, 0) is 18.6 Å². The number of esters is 1. The summed E-state index contributed by atoms with van der Waals surface area (Å²) in [4.78, 5) is 16.9. The molecule has 3 aromatic rings. The van der Waals surface area contributed by atoms with E-state index in [0.29, 0.717) is 18.1 Å². The Morgan fingerprint density at radius 3 is 2.32 bits per heavy atom. The fourth-order valence-electron chi connectivity index (χ4n) is 2.67. The van der Waals surface area contributed by atoms with Crippen LogP contribution in [0.4, 0.5) is 0 Å². The van der Waals surface area contributed by atoms with Crippen LogP contribution >= 0.6 is 0 Å². The summed E-state index contributed by atoms with van der Waals surface area (Å²) in [5.41, 5.74) is 3.10. The first kappa shape index (κ1) is 16.7. The average Bonchev–Trinajstić information content (AvgIpc) is 2.98. The largest absolute Gasteiger partial charge is 0.461 e. The number of hydrogen-bond acceptors (Lipinski definition) is 3. The molecule has 0 saturated heterocycles. The van der Waals surface area contributed by atoms with E-state index in [1.54, 1.807) is 6.92 Å². The molecule has 3 rings (SSSR count). The minimum absolute atomic E-state index is 0.318. The van der Waals surface area contributed by atoms with E-state index in [1.807, 2.05) is 84.4 Å². The first-order valence-electron chi connectivity index (χ1n) is 8.23. The second-order valence-electron chi connectivity index (χ2n) is 5.56. The summed E-state index contributed by atoms with van der Waals surface area (Å²) in [6, 6.07) is 19.7. The fraction of sp³-hybridized carbons (Fsp3) is 0.143. The molecule has 0 aliphatic heterocycles. The highest BCUT2D eigenvalue weighted by Gasteiger charge is 2.21. The summed E-state index contributed by atoms with van der Waals surface area (Å²) in [5, 5.41) is 0. The molecule has 2 aromatic carbocycles. The van der Waals surface area contributed by atoms with Crippen LogP contribution in [-0.4, -0.2) is 22.1 Å². The van der Waals surface area contributed by atoms with E-state index >= 15 is 0 Å². The number of benzene rings is 2. The van der Waals surface area contributed by atoms with Crippen molar-refractivity contribution in [1.82, 2.24) is 9.55 Å². The molecule has 0 saturated carbocycles. The summed E-state index contributed by atoms with van der Waals surface area (Å²) in [5.74, 6) is 0.294. The quantitative estimate of drug-likeness (QED) is 0.649. The van der Waals surface area contributed by atoms with Crippen molar-refractivity contribution in [2.45, 2.75) is 6.92 Å². The van der Waals surface area contributed by atoms with Crippen LogP contribution in [0.25, 0.3) is 23.4 Å². The van der Waals surface area contributed by atoms with Crippen LogP contribution in [-0.2, 0) is 11.8 Å². The molecular formula is C21H20N2O2. The van der Waals surface area contributed by atoms with Gasteiger partial charge < -0.3 is 9.30 Å². The smallest absolute Gasteiger partial charge is 0.359 e. The standard InChI is InChI=1S/C21H20N2O2/c1-3-25-21(24)19-20(17-12-8-5-9-13-17)23(2)18(22-19)15-14-16-10-6-4-7-11-16/h4-15H,3H2,1-2H3/b15-14+. The maximum absolute atomic E-state index is 12.4. The first-order valence-corrected chi connectivity index (χ1v) is 8.23. The highest BCUT2D eigenvalue weighted by molar-refractivity contribution is 5.95. The predicted octanol–water partition coefficient (Wildman–Crippen LogP) is 4.43. The van der Waals surface area contributed by atoms with Crippen LogP contribution in [0.5, 0.6) is 0 Å². The molecule has 0 atom stereocenters. The van der Waals surface area contributed by atoms with Gasteiger partial charge in [-0.3, -0.25) is 0 Å². The van der Waals surface area contributed by atoms with Crippen LogP contribution in [0.3, 0.4) is 0 Å². The molecule has 25 heavy (non-hydrogen) atoms. The number of carbonyl (C=O) groups is 1. The van der Waals surface area contributed by atoms with Gasteiger partial charge in [0.25, 0.3) is 0 Å².